The second kappa shape index (κ2) is 7.54. The van der Waals surface area contributed by atoms with Crippen molar-refractivity contribution in [3.63, 3.8) is 0 Å². The van der Waals surface area contributed by atoms with E-state index in [9.17, 15) is 19.2 Å². The van der Waals surface area contributed by atoms with Crippen LogP contribution in [0.4, 0.5) is 11.4 Å². The molecular weight excluding hydrogens is 398 g/mol. The highest BCUT2D eigenvalue weighted by Crippen LogP contribution is 2.44. The van der Waals surface area contributed by atoms with E-state index in [-0.39, 0.29) is 30.8 Å². The molecule has 2 aliphatic heterocycles. The lowest BCUT2D eigenvalue weighted by molar-refractivity contribution is -0.128. The first-order valence-electron chi connectivity index (χ1n) is 10.1. The van der Waals surface area contributed by atoms with Gasteiger partial charge in [-0.15, -0.1) is 0 Å². The van der Waals surface area contributed by atoms with Crippen molar-refractivity contribution in [2.45, 2.75) is 38.5 Å². The number of benzene rings is 2. The number of likely N-dealkylation sites (N-methyl/N-ethyl adjacent to an activating group) is 1. The molecule has 4 rings (SSSR count). The van der Waals surface area contributed by atoms with Crippen LogP contribution in [-0.4, -0.2) is 47.4 Å². The number of hydrogen-bond acceptors (Lipinski definition) is 5. The number of nitrogens with one attached hydrogen (secondary N) is 1. The van der Waals surface area contributed by atoms with Crippen LogP contribution in [0.25, 0.3) is 0 Å². The molecule has 0 saturated carbocycles. The number of carbonyl (C=O) groups is 4. The fourth-order valence-electron chi connectivity index (χ4n) is 4.13. The van der Waals surface area contributed by atoms with Gasteiger partial charge in [0.2, 0.25) is 11.6 Å². The van der Waals surface area contributed by atoms with Gasteiger partial charge < -0.3 is 15.0 Å². The molecule has 0 spiro atoms. The summed E-state index contributed by atoms with van der Waals surface area (Å²) in [6.45, 7) is 3.53. The van der Waals surface area contributed by atoms with Crippen LogP contribution >= 0.6 is 0 Å². The quantitative estimate of drug-likeness (QED) is 0.766. The number of esters is 1. The number of fused-ring (bicyclic) bond motifs is 3. The van der Waals surface area contributed by atoms with Gasteiger partial charge in [-0.1, -0.05) is 12.1 Å². The van der Waals surface area contributed by atoms with E-state index in [1.165, 1.54) is 16.8 Å². The Bertz CT molecular complexity index is 1080. The van der Waals surface area contributed by atoms with Crippen molar-refractivity contribution in [2.24, 2.45) is 0 Å². The maximum Gasteiger partial charge on any atom is 0.338 e. The molecule has 3 amide bonds. The van der Waals surface area contributed by atoms with Gasteiger partial charge >= 0.3 is 5.97 Å². The molecule has 0 aliphatic carbocycles. The lowest BCUT2D eigenvalue weighted by Crippen LogP contribution is -2.68. The molecule has 2 aliphatic rings. The summed E-state index contributed by atoms with van der Waals surface area (Å²) in [7, 11) is 1.54. The summed E-state index contributed by atoms with van der Waals surface area (Å²) >= 11 is 0. The Hall–Kier alpha value is -3.68. The van der Waals surface area contributed by atoms with E-state index in [0.29, 0.717) is 22.5 Å². The zero-order valence-corrected chi connectivity index (χ0v) is 17.5. The molecular formula is C23H23N3O5. The van der Waals surface area contributed by atoms with Crippen molar-refractivity contribution in [3.8, 4) is 0 Å². The van der Waals surface area contributed by atoms with Gasteiger partial charge in [0.05, 0.1) is 22.9 Å². The smallest absolute Gasteiger partial charge is 0.338 e. The first-order chi connectivity index (χ1) is 14.8. The van der Waals surface area contributed by atoms with Gasteiger partial charge in [-0.3, -0.25) is 19.3 Å². The van der Waals surface area contributed by atoms with Crippen molar-refractivity contribution in [1.82, 2.24) is 4.90 Å². The molecule has 2 aromatic carbocycles. The molecule has 2 aromatic rings. The standard InChI is InChI=1S/C23H23N3O5/c1-14(2)31-21(29)15-8-10-16(11-9-15)24-22(30)23-13-12-19(27)26(23)18-7-5-4-6-17(18)20(28)25(23)3/h4-11,14H,12-13H2,1-3H3,(H,24,30). The molecule has 1 atom stereocenters. The molecule has 1 N–H and O–H groups in total. The van der Waals surface area contributed by atoms with Gasteiger partial charge in [0.15, 0.2) is 0 Å². The van der Waals surface area contributed by atoms with Crippen LogP contribution in [-0.2, 0) is 14.3 Å². The first-order valence-corrected chi connectivity index (χ1v) is 10.1. The van der Waals surface area contributed by atoms with Crippen molar-refractivity contribution < 1.29 is 23.9 Å². The molecule has 1 saturated heterocycles. The Kier molecular flexibility index (Phi) is 5.00. The average molecular weight is 421 g/mol. The van der Waals surface area contributed by atoms with Crippen LogP contribution in [0.1, 0.15) is 47.4 Å². The SMILES string of the molecule is CC(C)OC(=O)c1ccc(NC(=O)C23CCC(=O)N2c2ccccc2C(=O)N3C)cc1. The number of rotatable bonds is 4. The average Bonchev–Trinajstić information content (AvgIpc) is 3.10. The Labute approximate surface area is 179 Å². The predicted octanol–water partition coefficient (Wildman–Crippen LogP) is 2.80. The van der Waals surface area contributed by atoms with E-state index in [2.05, 4.69) is 5.32 Å². The summed E-state index contributed by atoms with van der Waals surface area (Å²) in [6.07, 6.45) is 0.103. The summed E-state index contributed by atoms with van der Waals surface area (Å²) in [5, 5.41) is 2.80. The van der Waals surface area contributed by atoms with Crippen LogP contribution in [0.3, 0.4) is 0 Å². The van der Waals surface area contributed by atoms with E-state index in [1.54, 1.807) is 62.4 Å². The maximum absolute atomic E-state index is 13.5. The van der Waals surface area contributed by atoms with Crippen molar-refractivity contribution in [1.29, 1.82) is 0 Å². The molecule has 1 unspecified atom stereocenters. The molecule has 160 valence electrons. The molecule has 2 heterocycles. The van der Waals surface area contributed by atoms with Crippen molar-refractivity contribution >= 4 is 35.1 Å². The number of para-hydroxylation sites is 1. The van der Waals surface area contributed by atoms with E-state index in [1.807, 2.05) is 0 Å². The van der Waals surface area contributed by atoms with E-state index >= 15 is 0 Å². The summed E-state index contributed by atoms with van der Waals surface area (Å²) < 4.78 is 5.16. The monoisotopic (exact) mass is 421 g/mol. The topological polar surface area (TPSA) is 96.0 Å². The largest absolute Gasteiger partial charge is 0.459 e. The second-order valence-electron chi connectivity index (χ2n) is 7.91. The lowest BCUT2D eigenvalue weighted by atomic mass is 9.96. The number of nitrogens with zero attached hydrogens (tertiary/aromatic N) is 2. The van der Waals surface area contributed by atoms with E-state index in [0.717, 1.165) is 0 Å². The number of carbonyl (C=O) groups excluding carboxylic acids is 4. The van der Waals surface area contributed by atoms with Gasteiger partial charge in [0.1, 0.15) is 0 Å². The van der Waals surface area contributed by atoms with Gasteiger partial charge in [-0.05, 0) is 50.2 Å². The zero-order valence-electron chi connectivity index (χ0n) is 17.5. The van der Waals surface area contributed by atoms with Gasteiger partial charge in [-0.2, -0.15) is 0 Å². The minimum atomic E-state index is -1.45. The normalized spacial score (nSPS) is 19.9. The highest BCUT2D eigenvalue weighted by Gasteiger charge is 2.59. The van der Waals surface area contributed by atoms with Crippen LogP contribution in [0.15, 0.2) is 48.5 Å². The van der Waals surface area contributed by atoms with E-state index < -0.39 is 17.5 Å². The van der Waals surface area contributed by atoms with Gasteiger partial charge in [0, 0.05) is 25.6 Å². The number of amides is 3. The predicted molar refractivity (Wildman–Crippen MR) is 114 cm³/mol. The molecule has 0 radical (unpaired) electrons. The summed E-state index contributed by atoms with van der Waals surface area (Å²) in [6, 6.07) is 13.1. The highest BCUT2D eigenvalue weighted by atomic mass is 16.5. The Balaban J connectivity index is 1.64. The molecule has 8 nitrogen and oxygen atoms in total. The van der Waals surface area contributed by atoms with Crippen LogP contribution < -0.4 is 10.2 Å². The Morgan fingerprint density at radius 1 is 1.06 bits per heavy atom. The maximum atomic E-state index is 13.5. The van der Waals surface area contributed by atoms with Crippen LogP contribution in [0.5, 0.6) is 0 Å². The lowest BCUT2D eigenvalue weighted by Gasteiger charge is -2.47. The summed E-state index contributed by atoms with van der Waals surface area (Å²) in [5.41, 5.74) is 0.185. The number of hydrogen-bond donors (Lipinski definition) is 1. The van der Waals surface area contributed by atoms with Crippen LogP contribution in [0, 0.1) is 0 Å². The minimum absolute atomic E-state index is 0.152. The van der Waals surface area contributed by atoms with Crippen LogP contribution in [0.2, 0.25) is 0 Å². The zero-order chi connectivity index (χ0) is 22.3. The van der Waals surface area contributed by atoms with Gasteiger partial charge in [0.25, 0.3) is 11.8 Å². The van der Waals surface area contributed by atoms with Crippen molar-refractivity contribution in [2.75, 3.05) is 17.3 Å². The third-order valence-electron chi connectivity index (χ3n) is 5.63. The molecule has 8 heteroatoms. The summed E-state index contributed by atoms with van der Waals surface area (Å²) in [5.74, 6) is -1.47. The third-order valence-corrected chi connectivity index (χ3v) is 5.63. The molecule has 31 heavy (non-hydrogen) atoms. The molecule has 0 aromatic heterocycles. The third kappa shape index (κ3) is 3.24. The Morgan fingerprint density at radius 3 is 2.42 bits per heavy atom. The summed E-state index contributed by atoms with van der Waals surface area (Å²) in [4.78, 5) is 54.0. The van der Waals surface area contributed by atoms with E-state index in [4.69, 9.17) is 4.74 Å². The highest BCUT2D eigenvalue weighted by molar-refractivity contribution is 6.18. The number of ether oxygens (including phenoxy) is 1. The first kappa shape index (κ1) is 20.6. The van der Waals surface area contributed by atoms with Crippen molar-refractivity contribution in [3.05, 3.63) is 59.7 Å². The minimum Gasteiger partial charge on any atom is -0.459 e. The number of anilines is 2. The Morgan fingerprint density at radius 2 is 1.74 bits per heavy atom. The molecule has 0 bridgehead atoms. The fraction of sp³-hybridized carbons (Fsp3) is 0.304. The van der Waals surface area contributed by atoms with Gasteiger partial charge in [-0.25, -0.2) is 4.79 Å². The fourth-order valence-corrected chi connectivity index (χ4v) is 4.13. The second-order valence-corrected chi connectivity index (χ2v) is 7.91. The molecule has 1 fully saturated rings.